The SMILES string of the molecule is COC(=O)[C@@](CO)(NC(=O)c1ccccc1)[C@H]1CCCCO1. The van der Waals surface area contributed by atoms with E-state index in [2.05, 4.69) is 5.32 Å². The van der Waals surface area contributed by atoms with Gasteiger partial charge in [-0.2, -0.15) is 0 Å². The summed E-state index contributed by atoms with van der Waals surface area (Å²) >= 11 is 0. The maximum absolute atomic E-state index is 12.4. The van der Waals surface area contributed by atoms with E-state index in [-0.39, 0.29) is 0 Å². The largest absolute Gasteiger partial charge is 0.467 e. The van der Waals surface area contributed by atoms with Crippen molar-refractivity contribution >= 4 is 11.9 Å². The van der Waals surface area contributed by atoms with Crippen molar-refractivity contribution in [2.75, 3.05) is 20.3 Å². The van der Waals surface area contributed by atoms with Crippen LogP contribution in [0.25, 0.3) is 0 Å². The van der Waals surface area contributed by atoms with Crippen molar-refractivity contribution in [2.24, 2.45) is 0 Å². The number of hydrogen-bond acceptors (Lipinski definition) is 5. The maximum atomic E-state index is 12.4. The van der Waals surface area contributed by atoms with Crippen LogP contribution in [0.15, 0.2) is 30.3 Å². The Labute approximate surface area is 129 Å². The molecule has 2 N–H and O–H groups in total. The third-order valence-corrected chi connectivity index (χ3v) is 3.90. The summed E-state index contributed by atoms with van der Waals surface area (Å²) < 4.78 is 10.4. The fourth-order valence-electron chi connectivity index (χ4n) is 2.64. The molecule has 6 nitrogen and oxygen atoms in total. The van der Waals surface area contributed by atoms with E-state index in [1.165, 1.54) is 7.11 Å². The molecule has 2 atom stereocenters. The molecule has 1 aliphatic rings. The average Bonchev–Trinajstić information content (AvgIpc) is 2.60. The Morgan fingerprint density at radius 2 is 2.09 bits per heavy atom. The smallest absolute Gasteiger partial charge is 0.336 e. The predicted octanol–water partition coefficient (Wildman–Crippen LogP) is 0.890. The first-order chi connectivity index (χ1) is 10.6. The van der Waals surface area contributed by atoms with Gasteiger partial charge in [0.05, 0.1) is 19.8 Å². The molecule has 1 aromatic carbocycles. The molecule has 120 valence electrons. The van der Waals surface area contributed by atoms with Gasteiger partial charge in [-0.3, -0.25) is 4.79 Å². The minimum Gasteiger partial charge on any atom is -0.467 e. The quantitative estimate of drug-likeness (QED) is 0.789. The Morgan fingerprint density at radius 3 is 2.64 bits per heavy atom. The fourth-order valence-corrected chi connectivity index (χ4v) is 2.64. The van der Waals surface area contributed by atoms with Crippen molar-refractivity contribution in [1.82, 2.24) is 5.32 Å². The third-order valence-electron chi connectivity index (χ3n) is 3.90. The van der Waals surface area contributed by atoms with Gasteiger partial charge in [0.25, 0.3) is 5.91 Å². The van der Waals surface area contributed by atoms with Crippen molar-refractivity contribution < 1.29 is 24.2 Å². The molecule has 0 unspecified atom stereocenters. The molecule has 1 aromatic rings. The molecule has 1 aliphatic heterocycles. The summed E-state index contributed by atoms with van der Waals surface area (Å²) in [4.78, 5) is 24.7. The maximum Gasteiger partial charge on any atom is 0.336 e. The van der Waals surface area contributed by atoms with Crippen LogP contribution in [0.5, 0.6) is 0 Å². The van der Waals surface area contributed by atoms with Crippen LogP contribution in [-0.4, -0.2) is 48.9 Å². The van der Waals surface area contributed by atoms with Crippen molar-refractivity contribution in [1.29, 1.82) is 0 Å². The molecule has 22 heavy (non-hydrogen) atoms. The van der Waals surface area contributed by atoms with Crippen molar-refractivity contribution in [3.05, 3.63) is 35.9 Å². The van der Waals surface area contributed by atoms with Gasteiger partial charge in [0.15, 0.2) is 5.54 Å². The summed E-state index contributed by atoms with van der Waals surface area (Å²) in [6.07, 6.45) is 1.73. The number of carbonyl (C=O) groups is 2. The summed E-state index contributed by atoms with van der Waals surface area (Å²) in [5, 5.41) is 12.5. The van der Waals surface area contributed by atoms with Crippen LogP contribution < -0.4 is 5.32 Å². The van der Waals surface area contributed by atoms with Gasteiger partial charge in [-0.15, -0.1) is 0 Å². The molecular weight excluding hydrogens is 286 g/mol. The number of benzene rings is 1. The lowest BCUT2D eigenvalue weighted by molar-refractivity contribution is -0.161. The molecule has 1 saturated heterocycles. The Hall–Kier alpha value is -1.92. The average molecular weight is 307 g/mol. The molecule has 1 heterocycles. The first-order valence-electron chi connectivity index (χ1n) is 7.32. The Balaban J connectivity index is 2.27. The van der Waals surface area contributed by atoms with Crippen LogP contribution in [0.1, 0.15) is 29.6 Å². The van der Waals surface area contributed by atoms with E-state index < -0.39 is 30.1 Å². The number of ether oxygens (including phenoxy) is 2. The summed E-state index contributed by atoms with van der Waals surface area (Å²) in [7, 11) is 1.23. The van der Waals surface area contributed by atoms with E-state index in [0.717, 1.165) is 12.8 Å². The van der Waals surface area contributed by atoms with Gasteiger partial charge in [0, 0.05) is 12.2 Å². The number of carbonyl (C=O) groups excluding carboxylic acids is 2. The highest BCUT2D eigenvalue weighted by Crippen LogP contribution is 2.25. The number of methoxy groups -OCH3 is 1. The van der Waals surface area contributed by atoms with E-state index in [9.17, 15) is 14.7 Å². The van der Waals surface area contributed by atoms with E-state index in [1.54, 1.807) is 30.3 Å². The van der Waals surface area contributed by atoms with Crippen LogP contribution in [0.4, 0.5) is 0 Å². The molecule has 1 amide bonds. The van der Waals surface area contributed by atoms with E-state index in [0.29, 0.717) is 18.6 Å². The highest BCUT2D eigenvalue weighted by molar-refractivity contribution is 5.98. The lowest BCUT2D eigenvalue weighted by Gasteiger charge is -2.39. The lowest BCUT2D eigenvalue weighted by Crippen LogP contribution is -2.66. The van der Waals surface area contributed by atoms with Crippen LogP contribution in [0.2, 0.25) is 0 Å². The first-order valence-corrected chi connectivity index (χ1v) is 7.32. The number of hydrogen-bond donors (Lipinski definition) is 2. The Bertz CT molecular complexity index is 513. The molecule has 0 saturated carbocycles. The van der Waals surface area contributed by atoms with E-state index in [4.69, 9.17) is 9.47 Å². The van der Waals surface area contributed by atoms with Crippen LogP contribution in [-0.2, 0) is 14.3 Å². The van der Waals surface area contributed by atoms with Gasteiger partial charge in [-0.05, 0) is 31.4 Å². The van der Waals surface area contributed by atoms with Gasteiger partial charge in [-0.25, -0.2) is 4.79 Å². The molecule has 0 bridgehead atoms. The second-order valence-electron chi connectivity index (χ2n) is 5.30. The molecule has 1 fully saturated rings. The zero-order chi connectivity index (χ0) is 16.0. The fraction of sp³-hybridized carbons (Fsp3) is 0.500. The van der Waals surface area contributed by atoms with Gasteiger partial charge in [-0.1, -0.05) is 18.2 Å². The minimum absolute atomic E-state index is 0.403. The van der Waals surface area contributed by atoms with Crippen molar-refractivity contribution in [3.8, 4) is 0 Å². The summed E-state index contributed by atoms with van der Waals surface area (Å²) in [6, 6.07) is 8.52. The zero-order valence-corrected chi connectivity index (χ0v) is 12.6. The van der Waals surface area contributed by atoms with Gasteiger partial charge < -0.3 is 19.9 Å². The van der Waals surface area contributed by atoms with E-state index in [1.807, 2.05) is 0 Å². The highest BCUT2D eigenvalue weighted by atomic mass is 16.5. The Morgan fingerprint density at radius 1 is 1.36 bits per heavy atom. The molecule has 6 heteroatoms. The number of aliphatic hydroxyl groups excluding tert-OH is 1. The predicted molar refractivity (Wildman–Crippen MR) is 79.3 cm³/mol. The zero-order valence-electron chi connectivity index (χ0n) is 12.6. The van der Waals surface area contributed by atoms with Crippen molar-refractivity contribution in [2.45, 2.75) is 30.9 Å². The summed E-state index contributed by atoms with van der Waals surface area (Å²) in [5.74, 6) is -1.15. The van der Waals surface area contributed by atoms with E-state index >= 15 is 0 Å². The van der Waals surface area contributed by atoms with Gasteiger partial charge >= 0.3 is 5.97 Å². The summed E-state index contributed by atoms with van der Waals surface area (Å²) in [6.45, 7) is -0.0898. The molecular formula is C16H21NO5. The summed E-state index contributed by atoms with van der Waals surface area (Å²) in [5.41, 5.74) is -1.18. The second-order valence-corrected chi connectivity index (χ2v) is 5.30. The number of esters is 1. The highest BCUT2D eigenvalue weighted by Gasteiger charge is 2.49. The molecule has 2 rings (SSSR count). The van der Waals surface area contributed by atoms with Crippen molar-refractivity contribution in [3.63, 3.8) is 0 Å². The van der Waals surface area contributed by atoms with Crippen LogP contribution >= 0.6 is 0 Å². The Kier molecular flexibility index (Phi) is 5.51. The molecule has 0 spiro atoms. The minimum atomic E-state index is -1.58. The number of rotatable bonds is 5. The molecule has 0 aromatic heterocycles. The number of aliphatic hydroxyl groups is 1. The number of amides is 1. The number of nitrogens with one attached hydrogen (secondary N) is 1. The molecule has 0 radical (unpaired) electrons. The topological polar surface area (TPSA) is 84.9 Å². The van der Waals surface area contributed by atoms with Crippen LogP contribution in [0.3, 0.4) is 0 Å². The first kappa shape index (κ1) is 16.5. The van der Waals surface area contributed by atoms with Crippen LogP contribution in [0, 0.1) is 0 Å². The monoisotopic (exact) mass is 307 g/mol. The lowest BCUT2D eigenvalue weighted by atomic mass is 9.87. The normalized spacial score (nSPS) is 20.7. The van der Waals surface area contributed by atoms with Gasteiger partial charge in [0.1, 0.15) is 0 Å². The van der Waals surface area contributed by atoms with Gasteiger partial charge in [0.2, 0.25) is 0 Å². The third kappa shape index (κ3) is 3.28. The standard InChI is InChI=1S/C16H21NO5/c1-21-15(20)16(11-18,13-9-5-6-10-22-13)17-14(19)12-7-3-2-4-8-12/h2-4,7-8,13,18H,5-6,9-11H2,1H3,(H,17,19)/t13-,16+/m1/s1. The molecule has 0 aliphatic carbocycles. The second kappa shape index (κ2) is 7.38.